The van der Waals surface area contributed by atoms with Crippen LogP contribution in [0.1, 0.15) is 18.1 Å². The maximum atomic E-state index is 5.38. The molecule has 0 saturated heterocycles. The molecule has 2 aromatic rings. The number of benzene rings is 1. The number of hydrogen-bond donors (Lipinski definition) is 1. The summed E-state index contributed by atoms with van der Waals surface area (Å²) in [5, 5.41) is 2.93. The Morgan fingerprint density at radius 2 is 1.95 bits per heavy atom. The third kappa shape index (κ3) is 3.81. The molecule has 1 N–H and O–H groups in total. The topological polar surface area (TPSA) is 63.2 Å². The zero-order chi connectivity index (χ0) is 15.2. The van der Waals surface area contributed by atoms with Gasteiger partial charge in [-0.3, -0.25) is 0 Å². The maximum Gasteiger partial charge on any atom is 0.323 e. The second-order valence-corrected chi connectivity index (χ2v) is 4.71. The summed E-state index contributed by atoms with van der Waals surface area (Å²) < 4.78 is 5.38. The maximum absolute atomic E-state index is 5.38. The van der Waals surface area contributed by atoms with Gasteiger partial charge in [0.1, 0.15) is 0 Å². The van der Waals surface area contributed by atoms with Gasteiger partial charge in [-0.2, -0.15) is 15.0 Å². The molecule has 0 aliphatic rings. The molecule has 1 heterocycles. The van der Waals surface area contributed by atoms with Crippen molar-refractivity contribution in [2.24, 2.45) is 0 Å². The standard InChI is InChI=1S/C15H21N5O/c1-5-21-15-18-13(16-3)17-14(19-15)20(4)10-12-9-7-6-8-11(12)2/h6-9H,5,10H2,1-4H3,(H,16,17,18,19). The van der Waals surface area contributed by atoms with Crippen LogP contribution in [0, 0.1) is 6.92 Å². The van der Waals surface area contributed by atoms with Crippen LogP contribution in [0.15, 0.2) is 24.3 Å². The van der Waals surface area contributed by atoms with Gasteiger partial charge < -0.3 is 15.0 Å². The van der Waals surface area contributed by atoms with Crippen molar-refractivity contribution in [1.29, 1.82) is 0 Å². The lowest BCUT2D eigenvalue weighted by Gasteiger charge is -2.19. The number of anilines is 2. The molecule has 2 rings (SSSR count). The van der Waals surface area contributed by atoms with E-state index in [1.165, 1.54) is 11.1 Å². The SMILES string of the molecule is CCOc1nc(NC)nc(N(C)Cc2ccccc2C)n1. The average Bonchev–Trinajstić information content (AvgIpc) is 2.49. The van der Waals surface area contributed by atoms with Crippen molar-refractivity contribution in [3.05, 3.63) is 35.4 Å². The number of aryl methyl sites for hydroxylation is 1. The predicted molar refractivity (Wildman–Crippen MR) is 83.8 cm³/mol. The van der Waals surface area contributed by atoms with Crippen molar-refractivity contribution >= 4 is 11.9 Å². The molecule has 0 spiro atoms. The molecule has 6 nitrogen and oxygen atoms in total. The van der Waals surface area contributed by atoms with Gasteiger partial charge in [-0.05, 0) is 25.0 Å². The Bertz CT molecular complexity index is 602. The van der Waals surface area contributed by atoms with Crippen LogP contribution in [0.5, 0.6) is 6.01 Å². The predicted octanol–water partition coefficient (Wildman–Crippen LogP) is 2.26. The normalized spacial score (nSPS) is 10.3. The molecule has 0 atom stereocenters. The van der Waals surface area contributed by atoms with Crippen molar-refractivity contribution in [2.45, 2.75) is 20.4 Å². The van der Waals surface area contributed by atoms with E-state index >= 15 is 0 Å². The molecule has 0 radical (unpaired) electrons. The Kier molecular flexibility index (Phi) is 4.92. The largest absolute Gasteiger partial charge is 0.464 e. The van der Waals surface area contributed by atoms with Crippen molar-refractivity contribution in [3.8, 4) is 6.01 Å². The van der Waals surface area contributed by atoms with Crippen LogP contribution in [-0.4, -0.2) is 35.7 Å². The lowest BCUT2D eigenvalue weighted by Crippen LogP contribution is -2.21. The quantitative estimate of drug-likeness (QED) is 0.879. The highest BCUT2D eigenvalue weighted by Crippen LogP contribution is 2.17. The van der Waals surface area contributed by atoms with Crippen LogP contribution in [0.2, 0.25) is 0 Å². The van der Waals surface area contributed by atoms with Gasteiger partial charge in [-0.1, -0.05) is 24.3 Å². The van der Waals surface area contributed by atoms with Gasteiger partial charge in [0.25, 0.3) is 0 Å². The van der Waals surface area contributed by atoms with Crippen molar-refractivity contribution in [2.75, 3.05) is 30.9 Å². The van der Waals surface area contributed by atoms with E-state index in [1.807, 2.05) is 31.0 Å². The van der Waals surface area contributed by atoms with Crippen LogP contribution >= 0.6 is 0 Å². The van der Waals surface area contributed by atoms with E-state index in [0.29, 0.717) is 24.5 Å². The summed E-state index contributed by atoms with van der Waals surface area (Å²) in [7, 11) is 3.73. The third-order valence-electron chi connectivity index (χ3n) is 3.11. The van der Waals surface area contributed by atoms with Gasteiger partial charge in [-0.25, -0.2) is 0 Å². The fourth-order valence-electron chi connectivity index (χ4n) is 1.94. The van der Waals surface area contributed by atoms with E-state index in [-0.39, 0.29) is 0 Å². The smallest absolute Gasteiger partial charge is 0.323 e. The Morgan fingerprint density at radius 3 is 2.62 bits per heavy atom. The first-order valence-electron chi connectivity index (χ1n) is 6.96. The number of nitrogens with one attached hydrogen (secondary N) is 1. The second kappa shape index (κ2) is 6.88. The Morgan fingerprint density at radius 1 is 1.19 bits per heavy atom. The van der Waals surface area contributed by atoms with Crippen LogP contribution in [-0.2, 0) is 6.54 Å². The Labute approximate surface area is 125 Å². The fourth-order valence-corrected chi connectivity index (χ4v) is 1.94. The second-order valence-electron chi connectivity index (χ2n) is 4.71. The van der Waals surface area contributed by atoms with Crippen LogP contribution < -0.4 is 15.0 Å². The first kappa shape index (κ1) is 15.0. The summed E-state index contributed by atoms with van der Waals surface area (Å²) in [5.74, 6) is 1.08. The molecule has 112 valence electrons. The number of aromatic nitrogens is 3. The van der Waals surface area contributed by atoms with Gasteiger partial charge in [0, 0.05) is 20.6 Å². The summed E-state index contributed by atoms with van der Waals surface area (Å²) in [6.07, 6.45) is 0. The number of rotatable bonds is 6. The van der Waals surface area contributed by atoms with Crippen molar-refractivity contribution < 1.29 is 4.74 Å². The van der Waals surface area contributed by atoms with Gasteiger partial charge >= 0.3 is 6.01 Å². The summed E-state index contributed by atoms with van der Waals surface area (Å²) in [5.41, 5.74) is 2.49. The minimum atomic E-state index is 0.337. The molecule has 0 amide bonds. The molecule has 0 unspecified atom stereocenters. The van der Waals surface area contributed by atoms with Crippen molar-refractivity contribution in [1.82, 2.24) is 15.0 Å². The molecule has 6 heteroatoms. The number of nitrogens with zero attached hydrogens (tertiary/aromatic N) is 4. The summed E-state index contributed by atoms with van der Waals surface area (Å²) in [6, 6.07) is 8.61. The van der Waals surface area contributed by atoms with E-state index in [0.717, 1.165) is 6.54 Å². The molecule has 1 aromatic carbocycles. The van der Waals surface area contributed by atoms with Crippen molar-refractivity contribution in [3.63, 3.8) is 0 Å². The lowest BCUT2D eigenvalue weighted by atomic mass is 10.1. The molecule has 0 aliphatic heterocycles. The van der Waals surface area contributed by atoms with Gasteiger partial charge in [-0.15, -0.1) is 0 Å². The van der Waals surface area contributed by atoms with Gasteiger partial charge in [0.15, 0.2) is 0 Å². The van der Waals surface area contributed by atoms with Crippen LogP contribution in [0.3, 0.4) is 0 Å². The summed E-state index contributed by atoms with van der Waals surface area (Å²) in [4.78, 5) is 14.9. The molecule has 0 bridgehead atoms. The fraction of sp³-hybridized carbons (Fsp3) is 0.400. The Balaban J connectivity index is 2.23. The molecule has 0 aliphatic carbocycles. The molecule has 1 aromatic heterocycles. The molecular weight excluding hydrogens is 266 g/mol. The zero-order valence-electron chi connectivity index (χ0n) is 12.9. The van der Waals surface area contributed by atoms with E-state index < -0.39 is 0 Å². The molecular formula is C15H21N5O. The third-order valence-corrected chi connectivity index (χ3v) is 3.11. The van der Waals surface area contributed by atoms with Gasteiger partial charge in [0.05, 0.1) is 6.61 Å². The first-order chi connectivity index (χ1) is 10.1. The number of ether oxygens (including phenoxy) is 1. The first-order valence-corrected chi connectivity index (χ1v) is 6.96. The van der Waals surface area contributed by atoms with E-state index in [4.69, 9.17) is 4.74 Å². The summed E-state index contributed by atoms with van der Waals surface area (Å²) in [6.45, 7) is 5.25. The van der Waals surface area contributed by atoms with E-state index in [1.54, 1.807) is 7.05 Å². The highest BCUT2D eigenvalue weighted by Gasteiger charge is 2.11. The van der Waals surface area contributed by atoms with E-state index in [2.05, 4.69) is 39.3 Å². The molecule has 0 fully saturated rings. The Hall–Kier alpha value is -2.37. The van der Waals surface area contributed by atoms with Crippen LogP contribution in [0.25, 0.3) is 0 Å². The van der Waals surface area contributed by atoms with Gasteiger partial charge in [0.2, 0.25) is 11.9 Å². The monoisotopic (exact) mass is 287 g/mol. The average molecular weight is 287 g/mol. The highest BCUT2D eigenvalue weighted by atomic mass is 16.5. The lowest BCUT2D eigenvalue weighted by molar-refractivity contribution is 0.312. The minimum absolute atomic E-state index is 0.337. The van der Waals surface area contributed by atoms with E-state index in [9.17, 15) is 0 Å². The zero-order valence-corrected chi connectivity index (χ0v) is 12.9. The van der Waals surface area contributed by atoms with Crippen LogP contribution in [0.4, 0.5) is 11.9 Å². The minimum Gasteiger partial charge on any atom is -0.464 e. The highest BCUT2D eigenvalue weighted by molar-refractivity contribution is 5.39. The number of hydrogen-bond acceptors (Lipinski definition) is 6. The summed E-state index contributed by atoms with van der Waals surface area (Å²) >= 11 is 0. The molecule has 21 heavy (non-hydrogen) atoms. The molecule has 0 saturated carbocycles.